The smallest absolute Gasteiger partial charge is 0.0604 e. The zero-order valence-corrected chi connectivity index (χ0v) is 22.2. The van der Waals surface area contributed by atoms with Crippen molar-refractivity contribution in [3.8, 4) is 0 Å². The number of hydrogen-bond acceptors (Lipinski definition) is 2. The van der Waals surface area contributed by atoms with Crippen molar-refractivity contribution in [3.63, 3.8) is 0 Å². The minimum Gasteiger partial charge on any atom is -0.393 e. The average molecular weight is 443 g/mol. The molecule has 0 aromatic carbocycles. The highest BCUT2D eigenvalue weighted by Gasteiger charge is 2.68. The van der Waals surface area contributed by atoms with E-state index in [1.165, 1.54) is 38.5 Å². The van der Waals surface area contributed by atoms with E-state index in [1.807, 2.05) is 0 Å². The summed E-state index contributed by atoms with van der Waals surface area (Å²) in [5.41, 5.74) is 2.86. The summed E-state index contributed by atoms with van der Waals surface area (Å²) in [6, 6.07) is 0. The van der Waals surface area contributed by atoms with Crippen LogP contribution in [0.5, 0.6) is 0 Å². The molecule has 0 aromatic rings. The Kier molecular flexibility index (Phi) is 4.87. The number of aliphatic hydroxyl groups excluding tert-OH is 2. The molecule has 9 atom stereocenters. The van der Waals surface area contributed by atoms with Gasteiger partial charge in [-0.1, -0.05) is 67.0 Å². The fraction of sp³-hybridized carbons (Fsp3) is 0.933. The molecule has 2 N–H and O–H groups in total. The third kappa shape index (κ3) is 2.72. The Labute approximate surface area is 197 Å². The Hall–Kier alpha value is -0.340. The lowest BCUT2D eigenvalue weighted by molar-refractivity contribution is -0.207. The van der Waals surface area contributed by atoms with Gasteiger partial charge in [0, 0.05) is 5.41 Å². The highest BCUT2D eigenvalue weighted by atomic mass is 16.3. The maximum atomic E-state index is 11.3. The first-order chi connectivity index (χ1) is 14.6. The van der Waals surface area contributed by atoms with Crippen molar-refractivity contribution in [2.45, 2.75) is 125 Å². The van der Waals surface area contributed by atoms with Crippen LogP contribution in [-0.4, -0.2) is 22.4 Å². The molecule has 32 heavy (non-hydrogen) atoms. The van der Waals surface area contributed by atoms with Gasteiger partial charge in [-0.25, -0.2) is 0 Å². The van der Waals surface area contributed by atoms with E-state index in [0.29, 0.717) is 28.6 Å². The SMILES string of the molecule is CC1(C)CC(O)[C@]2(C)CC[C@]3(C)C(=CC[C@@H]4[C@@]5(C)CCC(O)C(C)(C)[C@@H]5CC[C@]43C)[C@@H]2C1. The van der Waals surface area contributed by atoms with Crippen molar-refractivity contribution >= 4 is 0 Å². The molecule has 5 rings (SSSR count). The summed E-state index contributed by atoms with van der Waals surface area (Å²) in [5.74, 6) is 1.83. The molecule has 5 aliphatic rings. The van der Waals surface area contributed by atoms with Crippen LogP contribution in [-0.2, 0) is 0 Å². The molecular formula is C30H50O2. The van der Waals surface area contributed by atoms with E-state index in [9.17, 15) is 10.2 Å². The standard InChI is InChI=1S/C30H50O2/c1-25(2)17-20-19-9-10-22-28(6)13-12-23(31)26(3,4)21(28)11-14-30(22,8)29(19,7)16-15-27(20,5)24(32)18-25/h9,20-24,31-32H,10-18H2,1-8H3/t20-,21-,22+,23?,24?,27+,28-,29+,30+/m0/s1. The number of hydrogen-bond donors (Lipinski definition) is 2. The predicted octanol–water partition coefficient (Wildman–Crippen LogP) is 7.14. The topological polar surface area (TPSA) is 40.5 Å². The Morgan fingerprint density at radius 2 is 1.41 bits per heavy atom. The minimum absolute atomic E-state index is 0.0157. The molecule has 0 spiro atoms. The zero-order valence-electron chi connectivity index (χ0n) is 22.2. The van der Waals surface area contributed by atoms with Gasteiger partial charge in [0.25, 0.3) is 0 Å². The first kappa shape index (κ1) is 23.4. The van der Waals surface area contributed by atoms with Gasteiger partial charge in [0.1, 0.15) is 0 Å². The summed E-state index contributed by atoms with van der Waals surface area (Å²) in [4.78, 5) is 0. The van der Waals surface area contributed by atoms with Crippen molar-refractivity contribution in [1.82, 2.24) is 0 Å². The molecule has 5 aliphatic carbocycles. The fourth-order valence-corrected chi connectivity index (χ4v) is 10.7. The summed E-state index contributed by atoms with van der Waals surface area (Å²) in [7, 11) is 0. The summed E-state index contributed by atoms with van der Waals surface area (Å²) in [6.07, 6.45) is 12.8. The van der Waals surface area contributed by atoms with Gasteiger partial charge >= 0.3 is 0 Å². The molecule has 0 aromatic heterocycles. The molecule has 2 nitrogen and oxygen atoms in total. The highest BCUT2D eigenvalue weighted by Crippen LogP contribution is 2.75. The Bertz CT molecular complexity index is 825. The van der Waals surface area contributed by atoms with Crippen LogP contribution in [0.25, 0.3) is 0 Å². The lowest BCUT2D eigenvalue weighted by Gasteiger charge is -2.71. The molecular weight excluding hydrogens is 392 g/mol. The van der Waals surface area contributed by atoms with Gasteiger partial charge in [-0.15, -0.1) is 0 Å². The van der Waals surface area contributed by atoms with Gasteiger partial charge in [-0.3, -0.25) is 0 Å². The fourth-order valence-electron chi connectivity index (χ4n) is 10.7. The van der Waals surface area contributed by atoms with Crippen LogP contribution < -0.4 is 0 Å². The van der Waals surface area contributed by atoms with E-state index in [1.54, 1.807) is 5.57 Å². The lowest BCUT2D eigenvalue weighted by atomic mass is 9.33. The van der Waals surface area contributed by atoms with E-state index in [4.69, 9.17) is 0 Å². The summed E-state index contributed by atoms with van der Waals surface area (Å²) in [5, 5.41) is 22.2. The summed E-state index contributed by atoms with van der Waals surface area (Å²) in [6.45, 7) is 19.7. The molecule has 2 unspecified atom stereocenters. The maximum absolute atomic E-state index is 11.3. The number of allylic oxidation sites excluding steroid dienone is 2. The second-order valence-electron chi connectivity index (χ2n) is 15.3. The van der Waals surface area contributed by atoms with Gasteiger partial charge in [-0.2, -0.15) is 0 Å². The Balaban J connectivity index is 1.58. The van der Waals surface area contributed by atoms with Crippen molar-refractivity contribution in [2.24, 2.45) is 50.2 Å². The van der Waals surface area contributed by atoms with Crippen LogP contribution in [0.4, 0.5) is 0 Å². The van der Waals surface area contributed by atoms with E-state index < -0.39 is 0 Å². The minimum atomic E-state index is -0.180. The molecule has 0 saturated heterocycles. The number of rotatable bonds is 0. The van der Waals surface area contributed by atoms with Gasteiger partial charge in [-0.05, 0) is 103 Å². The van der Waals surface area contributed by atoms with Gasteiger partial charge < -0.3 is 10.2 Å². The van der Waals surface area contributed by atoms with Gasteiger partial charge in [0.15, 0.2) is 0 Å². The summed E-state index contributed by atoms with van der Waals surface area (Å²) < 4.78 is 0. The summed E-state index contributed by atoms with van der Waals surface area (Å²) >= 11 is 0. The van der Waals surface area contributed by atoms with Crippen LogP contribution in [0, 0.1) is 50.2 Å². The molecule has 0 radical (unpaired) electrons. The van der Waals surface area contributed by atoms with Crippen molar-refractivity contribution in [3.05, 3.63) is 11.6 Å². The molecule has 4 fully saturated rings. The predicted molar refractivity (Wildman–Crippen MR) is 132 cm³/mol. The van der Waals surface area contributed by atoms with Crippen LogP contribution in [0.1, 0.15) is 113 Å². The highest BCUT2D eigenvalue weighted by molar-refractivity contribution is 5.34. The van der Waals surface area contributed by atoms with Crippen molar-refractivity contribution < 1.29 is 10.2 Å². The second kappa shape index (κ2) is 6.66. The van der Waals surface area contributed by atoms with Crippen LogP contribution in [0.15, 0.2) is 11.6 Å². The van der Waals surface area contributed by atoms with Crippen LogP contribution in [0.3, 0.4) is 0 Å². The normalized spacial score (nSPS) is 56.2. The molecule has 0 bridgehead atoms. The van der Waals surface area contributed by atoms with Crippen molar-refractivity contribution in [1.29, 1.82) is 0 Å². The van der Waals surface area contributed by atoms with Gasteiger partial charge in [0.2, 0.25) is 0 Å². The van der Waals surface area contributed by atoms with E-state index >= 15 is 0 Å². The Morgan fingerprint density at radius 3 is 2.09 bits per heavy atom. The molecule has 0 aliphatic heterocycles. The van der Waals surface area contributed by atoms with Gasteiger partial charge in [0.05, 0.1) is 12.2 Å². The maximum Gasteiger partial charge on any atom is 0.0604 e. The van der Waals surface area contributed by atoms with E-state index in [2.05, 4.69) is 61.5 Å². The lowest BCUT2D eigenvalue weighted by Crippen LogP contribution is -2.65. The average Bonchev–Trinajstić information content (AvgIpc) is 2.67. The molecule has 4 saturated carbocycles. The largest absolute Gasteiger partial charge is 0.393 e. The third-order valence-electron chi connectivity index (χ3n) is 13.1. The molecule has 2 heteroatoms. The number of aliphatic hydroxyl groups is 2. The quantitative estimate of drug-likeness (QED) is 0.391. The zero-order chi connectivity index (χ0) is 23.5. The monoisotopic (exact) mass is 442 g/mol. The third-order valence-corrected chi connectivity index (χ3v) is 13.1. The first-order valence-electron chi connectivity index (χ1n) is 13.7. The molecule has 0 amide bonds. The number of fused-ring (bicyclic) bond motifs is 7. The van der Waals surface area contributed by atoms with Crippen LogP contribution in [0.2, 0.25) is 0 Å². The molecule has 182 valence electrons. The van der Waals surface area contributed by atoms with Crippen LogP contribution >= 0.6 is 0 Å². The van der Waals surface area contributed by atoms with Crippen molar-refractivity contribution in [2.75, 3.05) is 0 Å². The second-order valence-corrected chi connectivity index (χ2v) is 15.3. The van der Waals surface area contributed by atoms with E-state index in [-0.39, 0.29) is 33.9 Å². The first-order valence-corrected chi connectivity index (χ1v) is 13.7. The van der Waals surface area contributed by atoms with E-state index in [0.717, 1.165) is 19.3 Å². The molecule has 0 heterocycles. The Morgan fingerprint density at radius 1 is 0.719 bits per heavy atom.